The summed E-state index contributed by atoms with van der Waals surface area (Å²) < 4.78 is 11.8. The molecule has 232 valence electrons. The van der Waals surface area contributed by atoms with Crippen LogP contribution in [0.25, 0.3) is 0 Å². The van der Waals surface area contributed by atoms with Gasteiger partial charge in [-0.1, -0.05) is 84.9 Å². The molecule has 0 unspecified atom stereocenters. The molecule has 2 amide bonds. The average molecular weight is 614 g/mol. The first kappa shape index (κ1) is 31.3. The van der Waals surface area contributed by atoms with Gasteiger partial charge in [-0.05, 0) is 70.8 Å². The SMILES string of the molecule is NC(N)=Nc1ccc(CNC(=O)[C@@H](NC(=O)c2ccc(OCc3ccccc3)cc2)c2ccc(OCc3ccccc3)cc2)cc1. The van der Waals surface area contributed by atoms with E-state index >= 15 is 0 Å². The molecule has 5 rings (SSSR count). The lowest BCUT2D eigenvalue weighted by Crippen LogP contribution is -2.40. The Kier molecular flexibility index (Phi) is 10.6. The Morgan fingerprint density at radius 2 is 1.15 bits per heavy atom. The molecule has 5 aromatic rings. The molecule has 46 heavy (non-hydrogen) atoms. The third-order valence-electron chi connectivity index (χ3n) is 7.03. The monoisotopic (exact) mass is 613 g/mol. The van der Waals surface area contributed by atoms with Crippen LogP contribution in [0.2, 0.25) is 0 Å². The van der Waals surface area contributed by atoms with E-state index in [0.29, 0.717) is 41.5 Å². The van der Waals surface area contributed by atoms with Gasteiger partial charge < -0.3 is 31.6 Å². The van der Waals surface area contributed by atoms with E-state index in [1.807, 2.05) is 72.8 Å². The molecular weight excluding hydrogens is 578 g/mol. The summed E-state index contributed by atoms with van der Waals surface area (Å²) in [6, 6.07) is 39.7. The number of benzene rings is 5. The van der Waals surface area contributed by atoms with Crippen LogP contribution in [0.15, 0.2) is 138 Å². The van der Waals surface area contributed by atoms with E-state index in [2.05, 4.69) is 15.6 Å². The first-order valence-electron chi connectivity index (χ1n) is 14.7. The second kappa shape index (κ2) is 15.6. The number of guanidine groups is 1. The van der Waals surface area contributed by atoms with E-state index in [1.165, 1.54) is 0 Å². The summed E-state index contributed by atoms with van der Waals surface area (Å²) >= 11 is 0. The van der Waals surface area contributed by atoms with Crippen molar-refractivity contribution in [2.24, 2.45) is 16.5 Å². The van der Waals surface area contributed by atoms with Crippen molar-refractivity contribution in [2.45, 2.75) is 25.8 Å². The van der Waals surface area contributed by atoms with Crippen molar-refractivity contribution < 1.29 is 19.1 Å². The minimum atomic E-state index is -0.967. The zero-order chi connectivity index (χ0) is 32.1. The van der Waals surface area contributed by atoms with Gasteiger partial charge in [-0.15, -0.1) is 0 Å². The standard InChI is InChI=1S/C37H35N5O4/c38-37(39)41-31-17-11-26(12-18-31)23-40-36(44)34(29-13-19-32(20-14-29)45-24-27-7-3-1-4-8-27)42-35(43)30-15-21-33(22-16-30)46-25-28-9-5-2-6-10-28/h1-22,34H,23-25H2,(H,40,44)(H,42,43)(H4,38,39,41)/t34-/m0/s1. The molecule has 0 aliphatic rings. The highest BCUT2D eigenvalue weighted by Crippen LogP contribution is 2.21. The highest BCUT2D eigenvalue weighted by molar-refractivity contribution is 5.98. The predicted molar refractivity (Wildman–Crippen MR) is 178 cm³/mol. The quantitative estimate of drug-likeness (QED) is 0.102. The third kappa shape index (κ3) is 9.20. The lowest BCUT2D eigenvalue weighted by atomic mass is 10.0. The van der Waals surface area contributed by atoms with E-state index in [-0.39, 0.29) is 18.4 Å². The van der Waals surface area contributed by atoms with E-state index in [0.717, 1.165) is 16.7 Å². The number of ether oxygens (including phenoxy) is 2. The smallest absolute Gasteiger partial charge is 0.252 e. The van der Waals surface area contributed by atoms with Crippen molar-refractivity contribution in [2.75, 3.05) is 0 Å². The van der Waals surface area contributed by atoms with Gasteiger partial charge in [0.1, 0.15) is 30.8 Å². The van der Waals surface area contributed by atoms with E-state index in [9.17, 15) is 9.59 Å². The molecule has 6 N–H and O–H groups in total. The van der Waals surface area contributed by atoms with E-state index in [4.69, 9.17) is 20.9 Å². The van der Waals surface area contributed by atoms with Crippen LogP contribution in [0.1, 0.15) is 38.7 Å². The molecule has 5 aromatic carbocycles. The minimum absolute atomic E-state index is 0.0366. The predicted octanol–water partition coefficient (Wildman–Crippen LogP) is 5.54. The van der Waals surface area contributed by atoms with Crippen LogP contribution in [-0.2, 0) is 24.6 Å². The molecule has 0 aliphatic heterocycles. The molecule has 1 atom stereocenters. The fourth-order valence-electron chi connectivity index (χ4n) is 4.58. The Hall–Kier alpha value is -6.09. The Labute approximate surface area is 267 Å². The molecule has 0 saturated heterocycles. The van der Waals surface area contributed by atoms with Crippen LogP contribution in [-0.4, -0.2) is 17.8 Å². The lowest BCUT2D eigenvalue weighted by molar-refractivity contribution is -0.123. The van der Waals surface area contributed by atoms with Crippen LogP contribution < -0.4 is 31.6 Å². The number of nitrogens with one attached hydrogen (secondary N) is 2. The highest BCUT2D eigenvalue weighted by Gasteiger charge is 2.23. The van der Waals surface area contributed by atoms with Gasteiger partial charge in [0.25, 0.3) is 5.91 Å². The number of amides is 2. The molecular formula is C37H35N5O4. The van der Waals surface area contributed by atoms with Crippen LogP contribution in [0.5, 0.6) is 11.5 Å². The molecule has 0 aromatic heterocycles. The number of hydrogen-bond donors (Lipinski definition) is 4. The molecule has 0 radical (unpaired) electrons. The summed E-state index contributed by atoms with van der Waals surface area (Å²) in [5, 5.41) is 5.82. The van der Waals surface area contributed by atoms with Crippen molar-refractivity contribution in [3.8, 4) is 11.5 Å². The van der Waals surface area contributed by atoms with Crippen LogP contribution >= 0.6 is 0 Å². The van der Waals surface area contributed by atoms with Gasteiger partial charge in [-0.3, -0.25) is 9.59 Å². The van der Waals surface area contributed by atoms with Crippen LogP contribution in [0.4, 0.5) is 5.69 Å². The van der Waals surface area contributed by atoms with Gasteiger partial charge in [0.15, 0.2) is 5.96 Å². The Morgan fingerprint density at radius 1 is 0.630 bits per heavy atom. The van der Waals surface area contributed by atoms with E-state index < -0.39 is 11.9 Å². The molecule has 0 aliphatic carbocycles. The fourth-order valence-corrected chi connectivity index (χ4v) is 4.58. The van der Waals surface area contributed by atoms with E-state index in [1.54, 1.807) is 60.7 Å². The number of nitrogens with two attached hydrogens (primary N) is 2. The summed E-state index contributed by atoms with van der Waals surface area (Å²) in [5.41, 5.74) is 15.4. The number of carbonyl (C=O) groups excluding carboxylic acids is 2. The Balaban J connectivity index is 1.27. The van der Waals surface area contributed by atoms with Crippen molar-refractivity contribution in [3.63, 3.8) is 0 Å². The summed E-state index contributed by atoms with van der Waals surface area (Å²) in [7, 11) is 0. The summed E-state index contributed by atoms with van der Waals surface area (Å²) in [5.74, 6) is 0.463. The largest absolute Gasteiger partial charge is 0.489 e. The summed E-state index contributed by atoms with van der Waals surface area (Å²) in [6.07, 6.45) is 0. The molecule has 0 heterocycles. The maximum atomic E-state index is 13.5. The van der Waals surface area contributed by atoms with Crippen molar-refractivity contribution in [1.29, 1.82) is 0 Å². The molecule has 0 fully saturated rings. The summed E-state index contributed by atoms with van der Waals surface area (Å²) in [4.78, 5) is 30.9. The molecule has 9 nitrogen and oxygen atoms in total. The molecule has 9 heteroatoms. The topological polar surface area (TPSA) is 141 Å². The van der Waals surface area contributed by atoms with Crippen molar-refractivity contribution >= 4 is 23.5 Å². The zero-order valence-electron chi connectivity index (χ0n) is 25.1. The van der Waals surface area contributed by atoms with Crippen molar-refractivity contribution in [1.82, 2.24) is 10.6 Å². The van der Waals surface area contributed by atoms with Gasteiger partial charge in [0.2, 0.25) is 5.91 Å². The lowest BCUT2D eigenvalue weighted by Gasteiger charge is -2.20. The first-order valence-corrected chi connectivity index (χ1v) is 14.7. The highest BCUT2D eigenvalue weighted by atomic mass is 16.5. The van der Waals surface area contributed by atoms with Gasteiger partial charge in [-0.25, -0.2) is 4.99 Å². The average Bonchev–Trinajstić information content (AvgIpc) is 3.09. The Morgan fingerprint density at radius 3 is 1.67 bits per heavy atom. The van der Waals surface area contributed by atoms with Gasteiger partial charge in [-0.2, -0.15) is 0 Å². The number of rotatable bonds is 13. The first-order chi connectivity index (χ1) is 22.4. The molecule has 0 saturated carbocycles. The second-order valence-electron chi connectivity index (χ2n) is 10.5. The third-order valence-corrected chi connectivity index (χ3v) is 7.03. The minimum Gasteiger partial charge on any atom is -0.489 e. The van der Waals surface area contributed by atoms with Crippen LogP contribution in [0, 0.1) is 0 Å². The Bertz CT molecular complexity index is 1740. The number of nitrogens with zero attached hydrogens (tertiary/aromatic N) is 1. The molecule has 0 bridgehead atoms. The maximum absolute atomic E-state index is 13.5. The van der Waals surface area contributed by atoms with Gasteiger partial charge >= 0.3 is 0 Å². The van der Waals surface area contributed by atoms with Gasteiger partial charge in [0.05, 0.1) is 5.69 Å². The number of hydrogen-bond acceptors (Lipinski definition) is 5. The summed E-state index contributed by atoms with van der Waals surface area (Å²) in [6.45, 7) is 1.06. The van der Waals surface area contributed by atoms with Crippen molar-refractivity contribution in [3.05, 3.63) is 161 Å². The zero-order valence-corrected chi connectivity index (χ0v) is 25.1. The van der Waals surface area contributed by atoms with Crippen LogP contribution in [0.3, 0.4) is 0 Å². The number of aliphatic imine (C=N–C) groups is 1. The fraction of sp³-hybridized carbons (Fsp3) is 0.108. The normalized spacial score (nSPS) is 11.1. The molecule has 0 spiro atoms. The number of carbonyl (C=O) groups is 2. The second-order valence-corrected chi connectivity index (χ2v) is 10.5. The van der Waals surface area contributed by atoms with Gasteiger partial charge in [0, 0.05) is 12.1 Å². The maximum Gasteiger partial charge on any atom is 0.252 e.